The molecule has 2 N–H and O–H groups in total. The second-order valence-electron chi connectivity index (χ2n) is 6.51. The van der Waals surface area contributed by atoms with E-state index >= 15 is 0 Å². The number of nitrogens with one attached hydrogen (secondary N) is 2. The summed E-state index contributed by atoms with van der Waals surface area (Å²) in [5.41, 5.74) is 0.00762. The third kappa shape index (κ3) is 3.68. The largest absolute Gasteiger partial charge is 0.381 e. The van der Waals surface area contributed by atoms with Crippen LogP contribution in [-0.4, -0.2) is 37.2 Å². The lowest BCUT2D eigenvalue weighted by atomic mass is 9.64. The van der Waals surface area contributed by atoms with Gasteiger partial charge in [-0.3, -0.25) is 4.79 Å². The molecule has 100 valence electrons. The molecule has 0 aliphatic heterocycles. The van der Waals surface area contributed by atoms with Gasteiger partial charge in [-0.05, 0) is 27.2 Å². The normalized spacial score (nSPS) is 27.4. The van der Waals surface area contributed by atoms with Gasteiger partial charge in [-0.15, -0.1) is 0 Å². The maximum Gasteiger partial charge on any atom is 0.234 e. The van der Waals surface area contributed by atoms with Gasteiger partial charge in [0.05, 0.1) is 12.6 Å². The lowest BCUT2D eigenvalue weighted by Gasteiger charge is -2.51. The minimum absolute atomic E-state index is 0.0263. The molecule has 0 spiro atoms. The van der Waals surface area contributed by atoms with Crippen LogP contribution in [0.15, 0.2) is 0 Å². The molecule has 0 saturated heterocycles. The predicted molar refractivity (Wildman–Crippen MR) is 68.9 cm³/mol. The Morgan fingerprint density at radius 2 is 2.00 bits per heavy atom. The number of hydrogen-bond acceptors (Lipinski definition) is 3. The van der Waals surface area contributed by atoms with E-state index in [2.05, 4.69) is 45.3 Å². The fourth-order valence-corrected chi connectivity index (χ4v) is 2.12. The zero-order chi connectivity index (χ0) is 13.3. The molecular formula is C13H26N2O2. The topological polar surface area (TPSA) is 50.4 Å². The summed E-state index contributed by atoms with van der Waals surface area (Å²) in [6.45, 7) is 10.8. The highest BCUT2D eigenvalue weighted by Crippen LogP contribution is 2.42. The molecule has 4 nitrogen and oxygen atoms in total. The fraction of sp³-hybridized carbons (Fsp3) is 0.923. The standard InChI is InChI=1S/C13H26N2O2/c1-12(2,3)14-8-11(16)15-9-7-10(17-6)13(9,4)5/h9-10,14H,7-8H2,1-6H3,(H,15,16). The molecule has 0 radical (unpaired) electrons. The van der Waals surface area contributed by atoms with E-state index in [-0.39, 0.29) is 29.0 Å². The maximum atomic E-state index is 11.8. The Hall–Kier alpha value is -0.610. The van der Waals surface area contributed by atoms with Crippen molar-refractivity contribution in [2.75, 3.05) is 13.7 Å². The van der Waals surface area contributed by atoms with E-state index in [0.717, 1.165) is 6.42 Å². The Morgan fingerprint density at radius 1 is 1.41 bits per heavy atom. The van der Waals surface area contributed by atoms with Crippen molar-refractivity contribution in [3.8, 4) is 0 Å². The first-order valence-electron chi connectivity index (χ1n) is 6.24. The zero-order valence-corrected chi connectivity index (χ0v) is 11.9. The van der Waals surface area contributed by atoms with Gasteiger partial charge in [-0.2, -0.15) is 0 Å². The summed E-state index contributed by atoms with van der Waals surface area (Å²) in [5.74, 6) is 0.0625. The quantitative estimate of drug-likeness (QED) is 0.781. The van der Waals surface area contributed by atoms with Crippen molar-refractivity contribution in [2.45, 2.75) is 58.7 Å². The molecule has 0 bridgehead atoms. The predicted octanol–water partition coefficient (Wildman–Crippen LogP) is 1.30. The summed E-state index contributed by atoms with van der Waals surface area (Å²) in [4.78, 5) is 11.8. The van der Waals surface area contributed by atoms with Crippen LogP contribution in [-0.2, 0) is 9.53 Å². The van der Waals surface area contributed by atoms with Crippen molar-refractivity contribution in [3.05, 3.63) is 0 Å². The van der Waals surface area contributed by atoms with E-state index in [9.17, 15) is 4.79 Å². The monoisotopic (exact) mass is 242 g/mol. The lowest BCUT2D eigenvalue weighted by Crippen LogP contribution is -2.62. The number of ether oxygens (including phenoxy) is 1. The number of carbonyl (C=O) groups excluding carboxylic acids is 1. The molecule has 0 aromatic rings. The highest BCUT2D eigenvalue weighted by molar-refractivity contribution is 5.78. The van der Waals surface area contributed by atoms with E-state index in [1.54, 1.807) is 7.11 Å². The molecule has 1 amide bonds. The van der Waals surface area contributed by atoms with Crippen LogP contribution < -0.4 is 10.6 Å². The number of hydrogen-bond donors (Lipinski definition) is 2. The summed E-state index contributed by atoms with van der Waals surface area (Å²) in [6.07, 6.45) is 1.16. The van der Waals surface area contributed by atoms with Crippen molar-refractivity contribution in [2.24, 2.45) is 5.41 Å². The average Bonchev–Trinajstić information content (AvgIpc) is 2.19. The fourth-order valence-electron chi connectivity index (χ4n) is 2.12. The summed E-state index contributed by atoms with van der Waals surface area (Å²) in [6, 6.07) is 0.224. The Kier molecular flexibility index (Phi) is 4.20. The van der Waals surface area contributed by atoms with Crippen molar-refractivity contribution in [1.29, 1.82) is 0 Å². The first-order valence-corrected chi connectivity index (χ1v) is 6.24. The molecule has 17 heavy (non-hydrogen) atoms. The molecule has 1 saturated carbocycles. The van der Waals surface area contributed by atoms with E-state index in [4.69, 9.17) is 4.74 Å². The maximum absolute atomic E-state index is 11.8. The highest BCUT2D eigenvalue weighted by atomic mass is 16.5. The van der Waals surface area contributed by atoms with Crippen molar-refractivity contribution >= 4 is 5.91 Å². The van der Waals surface area contributed by atoms with Gasteiger partial charge in [0, 0.05) is 24.1 Å². The Labute approximate surface area is 104 Å². The van der Waals surface area contributed by atoms with Crippen LogP contribution in [0.5, 0.6) is 0 Å². The molecule has 4 heteroatoms. The van der Waals surface area contributed by atoms with Gasteiger partial charge in [0.25, 0.3) is 0 Å². The van der Waals surface area contributed by atoms with Gasteiger partial charge in [-0.25, -0.2) is 0 Å². The van der Waals surface area contributed by atoms with Gasteiger partial charge in [0.15, 0.2) is 0 Å². The minimum atomic E-state index is -0.0263. The molecular weight excluding hydrogens is 216 g/mol. The van der Waals surface area contributed by atoms with Crippen LogP contribution in [0.3, 0.4) is 0 Å². The Balaban J connectivity index is 2.34. The average molecular weight is 242 g/mol. The Bertz CT molecular complexity index is 282. The number of amides is 1. The molecule has 1 aliphatic rings. The second kappa shape index (κ2) is 4.94. The smallest absolute Gasteiger partial charge is 0.234 e. The number of rotatable bonds is 4. The third-order valence-electron chi connectivity index (χ3n) is 3.58. The molecule has 2 unspecified atom stereocenters. The van der Waals surface area contributed by atoms with Crippen molar-refractivity contribution < 1.29 is 9.53 Å². The van der Waals surface area contributed by atoms with Gasteiger partial charge in [0.1, 0.15) is 0 Å². The number of methoxy groups -OCH3 is 1. The van der Waals surface area contributed by atoms with Crippen LogP contribution in [0, 0.1) is 5.41 Å². The minimum Gasteiger partial charge on any atom is -0.381 e. The highest BCUT2D eigenvalue weighted by Gasteiger charge is 2.49. The van der Waals surface area contributed by atoms with Crippen LogP contribution >= 0.6 is 0 Å². The van der Waals surface area contributed by atoms with E-state index in [0.29, 0.717) is 6.54 Å². The summed E-state index contributed by atoms with van der Waals surface area (Å²) < 4.78 is 5.36. The first-order chi connectivity index (χ1) is 7.66. The van der Waals surface area contributed by atoms with Crippen LogP contribution in [0.25, 0.3) is 0 Å². The summed E-state index contributed by atoms with van der Waals surface area (Å²) >= 11 is 0. The van der Waals surface area contributed by atoms with E-state index in [1.807, 2.05) is 0 Å². The van der Waals surface area contributed by atoms with Gasteiger partial charge in [-0.1, -0.05) is 13.8 Å². The molecule has 0 aromatic carbocycles. The van der Waals surface area contributed by atoms with Crippen LogP contribution in [0.1, 0.15) is 41.0 Å². The van der Waals surface area contributed by atoms with Gasteiger partial charge < -0.3 is 15.4 Å². The molecule has 1 fully saturated rings. The summed E-state index contributed by atoms with van der Waals surface area (Å²) in [5, 5.41) is 6.25. The first kappa shape index (κ1) is 14.5. The molecule has 0 aromatic heterocycles. The molecule has 0 heterocycles. The third-order valence-corrected chi connectivity index (χ3v) is 3.58. The van der Waals surface area contributed by atoms with E-state index < -0.39 is 0 Å². The SMILES string of the molecule is COC1CC(NC(=O)CNC(C)(C)C)C1(C)C. The molecule has 1 rings (SSSR count). The summed E-state index contributed by atoms with van der Waals surface area (Å²) in [7, 11) is 1.73. The molecule has 2 atom stereocenters. The second-order valence-corrected chi connectivity index (χ2v) is 6.51. The van der Waals surface area contributed by atoms with Crippen molar-refractivity contribution in [1.82, 2.24) is 10.6 Å². The van der Waals surface area contributed by atoms with Gasteiger partial charge >= 0.3 is 0 Å². The van der Waals surface area contributed by atoms with E-state index in [1.165, 1.54) is 0 Å². The van der Waals surface area contributed by atoms with Crippen molar-refractivity contribution in [3.63, 3.8) is 0 Å². The van der Waals surface area contributed by atoms with Crippen LogP contribution in [0.4, 0.5) is 0 Å². The Morgan fingerprint density at radius 3 is 2.41 bits per heavy atom. The van der Waals surface area contributed by atoms with Crippen LogP contribution in [0.2, 0.25) is 0 Å². The number of carbonyl (C=O) groups is 1. The lowest BCUT2D eigenvalue weighted by molar-refractivity contribution is -0.132. The van der Waals surface area contributed by atoms with Gasteiger partial charge in [0.2, 0.25) is 5.91 Å². The molecule has 1 aliphatic carbocycles. The zero-order valence-electron chi connectivity index (χ0n) is 11.9.